The molecule has 0 atom stereocenters. The van der Waals surface area contributed by atoms with E-state index in [9.17, 15) is 9.18 Å². The van der Waals surface area contributed by atoms with Crippen molar-refractivity contribution in [1.82, 2.24) is 24.8 Å². The molecule has 1 aliphatic heterocycles. The van der Waals surface area contributed by atoms with E-state index in [0.29, 0.717) is 30.1 Å². The molecule has 32 heavy (non-hydrogen) atoms. The molecule has 0 saturated carbocycles. The summed E-state index contributed by atoms with van der Waals surface area (Å²) in [6.45, 7) is 1.27. The number of aromatic nitrogens is 4. The minimum Gasteiger partial charge on any atom is -0.373 e. The number of H-pyrrole nitrogens is 1. The first-order valence-electron chi connectivity index (χ1n) is 10.7. The van der Waals surface area contributed by atoms with Crippen molar-refractivity contribution in [3.05, 3.63) is 72.1 Å². The molecular formula is C24H23FN6O. The van der Waals surface area contributed by atoms with Crippen LogP contribution in [0, 0.1) is 5.82 Å². The molecule has 0 bridgehead atoms. The molecule has 5 rings (SSSR count). The maximum Gasteiger partial charge on any atom is 0.270 e. The summed E-state index contributed by atoms with van der Waals surface area (Å²) in [5.41, 5.74) is 2.96. The highest BCUT2D eigenvalue weighted by atomic mass is 19.1. The van der Waals surface area contributed by atoms with Gasteiger partial charge in [0.1, 0.15) is 17.3 Å². The Morgan fingerprint density at radius 2 is 2.00 bits per heavy atom. The summed E-state index contributed by atoms with van der Waals surface area (Å²) in [7, 11) is 1.84. The molecule has 162 valence electrons. The van der Waals surface area contributed by atoms with Crippen LogP contribution in [0.2, 0.25) is 0 Å². The van der Waals surface area contributed by atoms with Crippen molar-refractivity contribution >= 4 is 22.6 Å². The lowest BCUT2D eigenvalue weighted by atomic mass is 9.93. The van der Waals surface area contributed by atoms with Gasteiger partial charge in [-0.25, -0.2) is 14.4 Å². The van der Waals surface area contributed by atoms with Crippen molar-refractivity contribution in [3.63, 3.8) is 0 Å². The Bertz CT molecular complexity index is 1260. The fourth-order valence-electron chi connectivity index (χ4n) is 4.19. The maximum absolute atomic E-state index is 13.5. The standard InChI is InChI=1S/C24H23FN6O/c1-26-22-13-20(29-23(30-22)17-3-2-8-27-14-17)15-6-9-31(10-7-15)24(32)21-11-16-4-5-18(25)12-19(16)28-21/h2-5,8,11-15,28H,6-7,9-10H2,1H3,(H,26,29,30). The number of nitrogens with zero attached hydrogens (tertiary/aromatic N) is 4. The van der Waals surface area contributed by atoms with Gasteiger partial charge in [0, 0.05) is 66.7 Å². The van der Waals surface area contributed by atoms with E-state index in [1.54, 1.807) is 24.5 Å². The molecular weight excluding hydrogens is 407 g/mol. The SMILES string of the molecule is CNc1cc(C2CCN(C(=O)c3cc4ccc(F)cc4[nH]3)CC2)nc(-c2cccnc2)n1. The number of rotatable bonds is 4. The number of pyridine rings is 1. The third-order valence-corrected chi connectivity index (χ3v) is 5.94. The Labute approximate surface area is 184 Å². The van der Waals surface area contributed by atoms with Gasteiger partial charge in [-0.2, -0.15) is 0 Å². The maximum atomic E-state index is 13.5. The lowest BCUT2D eigenvalue weighted by Crippen LogP contribution is -2.38. The zero-order valence-electron chi connectivity index (χ0n) is 17.7. The van der Waals surface area contributed by atoms with E-state index < -0.39 is 0 Å². The number of nitrogens with one attached hydrogen (secondary N) is 2. The lowest BCUT2D eigenvalue weighted by Gasteiger charge is -2.31. The summed E-state index contributed by atoms with van der Waals surface area (Å²) in [5.74, 6) is 1.26. The summed E-state index contributed by atoms with van der Waals surface area (Å²) in [5, 5.41) is 3.94. The number of carbonyl (C=O) groups excluding carboxylic acids is 1. The second-order valence-electron chi connectivity index (χ2n) is 7.97. The van der Waals surface area contributed by atoms with E-state index >= 15 is 0 Å². The number of carbonyl (C=O) groups is 1. The molecule has 0 aliphatic carbocycles. The molecule has 1 amide bonds. The number of hydrogen-bond acceptors (Lipinski definition) is 5. The summed E-state index contributed by atoms with van der Waals surface area (Å²) in [6, 6.07) is 12.1. The number of aromatic amines is 1. The van der Waals surface area contributed by atoms with Crippen LogP contribution in [0.15, 0.2) is 54.9 Å². The van der Waals surface area contributed by atoms with Gasteiger partial charge in [0.2, 0.25) is 0 Å². The van der Waals surface area contributed by atoms with Crippen molar-refractivity contribution in [3.8, 4) is 11.4 Å². The van der Waals surface area contributed by atoms with Gasteiger partial charge in [-0.15, -0.1) is 0 Å². The van der Waals surface area contributed by atoms with Crippen LogP contribution in [0.3, 0.4) is 0 Å². The number of benzene rings is 1. The van der Waals surface area contributed by atoms with Crippen molar-refractivity contribution in [2.75, 3.05) is 25.5 Å². The van der Waals surface area contributed by atoms with Gasteiger partial charge < -0.3 is 15.2 Å². The van der Waals surface area contributed by atoms with E-state index in [1.807, 2.05) is 30.1 Å². The van der Waals surface area contributed by atoms with Crippen LogP contribution in [-0.2, 0) is 0 Å². The molecule has 7 nitrogen and oxygen atoms in total. The van der Waals surface area contributed by atoms with Gasteiger partial charge in [-0.3, -0.25) is 9.78 Å². The molecule has 1 aliphatic rings. The molecule has 1 aromatic carbocycles. The quantitative estimate of drug-likeness (QED) is 0.506. The molecule has 0 unspecified atom stereocenters. The third-order valence-electron chi connectivity index (χ3n) is 5.94. The van der Waals surface area contributed by atoms with Crippen LogP contribution < -0.4 is 5.32 Å². The number of amides is 1. The van der Waals surface area contributed by atoms with E-state index in [1.165, 1.54) is 12.1 Å². The highest BCUT2D eigenvalue weighted by Crippen LogP contribution is 2.30. The summed E-state index contributed by atoms with van der Waals surface area (Å²) in [4.78, 5) is 31.4. The molecule has 1 fully saturated rings. The van der Waals surface area contributed by atoms with E-state index in [-0.39, 0.29) is 17.6 Å². The number of likely N-dealkylation sites (tertiary alicyclic amines) is 1. The van der Waals surface area contributed by atoms with Gasteiger partial charge in [-0.1, -0.05) is 0 Å². The molecule has 4 aromatic rings. The van der Waals surface area contributed by atoms with Crippen molar-refractivity contribution < 1.29 is 9.18 Å². The number of piperidine rings is 1. The Hall–Kier alpha value is -3.81. The van der Waals surface area contributed by atoms with Crippen LogP contribution in [0.4, 0.5) is 10.2 Å². The molecule has 4 heterocycles. The number of anilines is 1. The molecule has 1 saturated heterocycles. The van der Waals surface area contributed by atoms with Gasteiger partial charge in [-0.05, 0) is 49.2 Å². The number of hydrogen-bond donors (Lipinski definition) is 2. The topological polar surface area (TPSA) is 86.8 Å². The van der Waals surface area contributed by atoms with Crippen molar-refractivity contribution in [1.29, 1.82) is 0 Å². The number of fused-ring (bicyclic) bond motifs is 1. The third kappa shape index (κ3) is 3.91. The second-order valence-corrected chi connectivity index (χ2v) is 7.97. The van der Waals surface area contributed by atoms with Crippen LogP contribution >= 0.6 is 0 Å². The van der Waals surface area contributed by atoms with Gasteiger partial charge in [0.25, 0.3) is 5.91 Å². The van der Waals surface area contributed by atoms with E-state index in [4.69, 9.17) is 4.98 Å². The van der Waals surface area contributed by atoms with Crippen LogP contribution in [0.25, 0.3) is 22.3 Å². The molecule has 0 spiro atoms. The zero-order chi connectivity index (χ0) is 22.1. The predicted octanol–water partition coefficient (Wildman–Crippen LogP) is 4.22. The first kappa shape index (κ1) is 20.1. The van der Waals surface area contributed by atoms with Gasteiger partial charge in [0.05, 0.1) is 0 Å². The lowest BCUT2D eigenvalue weighted by molar-refractivity contribution is 0.0707. The Morgan fingerprint density at radius 3 is 2.75 bits per heavy atom. The first-order chi connectivity index (χ1) is 15.6. The first-order valence-corrected chi connectivity index (χ1v) is 10.7. The van der Waals surface area contributed by atoms with Crippen LogP contribution in [-0.4, -0.2) is 50.9 Å². The summed E-state index contributed by atoms with van der Waals surface area (Å²) < 4.78 is 13.5. The Morgan fingerprint density at radius 1 is 1.16 bits per heavy atom. The largest absolute Gasteiger partial charge is 0.373 e. The minimum absolute atomic E-state index is 0.0605. The van der Waals surface area contributed by atoms with Gasteiger partial charge in [0.15, 0.2) is 5.82 Å². The highest BCUT2D eigenvalue weighted by Gasteiger charge is 2.27. The summed E-state index contributed by atoms with van der Waals surface area (Å²) >= 11 is 0. The summed E-state index contributed by atoms with van der Waals surface area (Å²) in [6.07, 6.45) is 5.11. The average molecular weight is 430 g/mol. The second kappa shape index (κ2) is 8.37. The fourth-order valence-corrected chi connectivity index (χ4v) is 4.19. The predicted molar refractivity (Wildman–Crippen MR) is 121 cm³/mol. The minimum atomic E-state index is -0.324. The normalized spacial score (nSPS) is 14.6. The fraction of sp³-hybridized carbons (Fsp3) is 0.250. The molecule has 0 radical (unpaired) electrons. The monoisotopic (exact) mass is 430 g/mol. The average Bonchev–Trinajstić information content (AvgIpc) is 3.27. The van der Waals surface area contributed by atoms with Crippen LogP contribution in [0.5, 0.6) is 0 Å². The van der Waals surface area contributed by atoms with E-state index in [0.717, 1.165) is 35.3 Å². The Kier molecular flexibility index (Phi) is 5.26. The van der Waals surface area contributed by atoms with E-state index in [2.05, 4.69) is 20.3 Å². The van der Waals surface area contributed by atoms with Crippen molar-refractivity contribution in [2.24, 2.45) is 0 Å². The molecule has 8 heteroatoms. The molecule has 3 aromatic heterocycles. The van der Waals surface area contributed by atoms with Crippen molar-refractivity contribution in [2.45, 2.75) is 18.8 Å². The van der Waals surface area contributed by atoms with Gasteiger partial charge >= 0.3 is 0 Å². The Balaban J connectivity index is 1.32. The molecule has 2 N–H and O–H groups in total. The van der Waals surface area contributed by atoms with Crippen LogP contribution in [0.1, 0.15) is 34.9 Å². The number of halogens is 1. The highest BCUT2D eigenvalue weighted by molar-refractivity contribution is 5.98. The zero-order valence-corrected chi connectivity index (χ0v) is 17.7. The smallest absolute Gasteiger partial charge is 0.270 e.